The summed E-state index contributed by atoms with van der Waals surface area (Å²) in [5.41, 5.74) is -0.306. The summed E-state index contributed by atoms with van der Waals surface area (Å²) in [6, 6.07) is 0.420. The smallest absolute Gasteiger partial charge is 0.240 e. The third-order valence-electron chi connectivity index (χ3n) is 5.08. The van der Waals surface area contributed by atoms with E-state index in [0.717, 1.165) is 51.6 Å². The molecular formula is C17H35N3O. The second-order valence-electron chi connectivity index (χ2n) is 6.68. The maximum absolute atomic E-state index is 12.7. The molecule has 0 bridgehead atoms. The van der Waals surface area contributed by atoms with Crippen molar-refractivity contribution in [3.63, 3.8) is 0 Å². The second kappa shape index (κ2) is 8.74. The molecule has 1 amide bonds. The number of carbonyl (C=O) groups excluding carboxylic acids is 1. The molecule has 4 nitrogen and oxygen atoms in total. The molecule has 2 unspecified atom stereocenters. The minimum Gasteiger partial charge on any atom is -0.353 e. The first kappa shape index (κ1) is 18.4. The molecule has 1 fully saturated rings. The first-order valence-electron chi connectivity index (χ1n) is 8.70. The maximum Gasteiger partial charge on any atom is 0.240 e. The Morgan fingerprint density at radius 1 is 1.29 bits per heavy atom. The lowest BCUT2D eigenvalue weighted by Crippen LogP contribution is -2.56. The molecule has 2 atom stereocenters. The van der Waals surface area contributed by atoms with Crippen molar-refractivity contribution < 1.29 is 4.79 Å². The van der Waals surface area contributed by atoms with Crippen LogP contribution in [0.5, 0.6) is 0 Å². The minimum atomic E-state index is -0.306. The molecule has 0 aromatic heterocycles. The number of hydrogen-bond acceptors (Lipinski definition) is 3. The van der Waals surface area contributed by atoms with Crippen LogP contribution in [0.3, 0.4) is 0 Å². The number of carbonyl (C=O) groups is 1. The van der Waals surface area contributed by atoms with E-state index in [4.69, 9.17) is 0 Å². The van der Waals surface area contributed by atoms with Gasteiger partial charge >= 0.3 is 0 Å². The summed E-state index contributed by atoms with van der Waals surface area (Å²) in [5, 5.41) is 6.69. The van der Waals surface area contributed by atoms with Crippen molar-refractivity contribution in [2.24, 2.45) is 5.92 Å². The summed E-state index contributed by atoms with van der Waals surface area (Å²) in [7, 11) is 4.23. The van der Waals surface area contributed by atoms with Gasteiger partial charge in [-0.25, -0.2) is 0 Å². The van der Waals surface area contributed by atoms with Gasteiger partial charge in [-0.05, 0) is 45.8 Å². The Morgan fingerprint density at radius 2 is 1.95 bits per heavy atom. The number of nitrogens with one attached hydrogen (secondary N) is 2. The molecule has 0 radical (unpaired) electrons. The summed E-state index contributed by atoms with van der Waals surface area (Å²) in [4.78, 5) is 14.9. The van der Waals surface area contributed by atoms with E-state index in [1.54, 1.807) is 0 Å². The van der Waals surface area contributed by atoms with Crippen LogP contribution < -0.4 is 10.6 Å². The first-order chi connectivity index (χ1) is 10.0. The molecule has 4 heteroatoms. The number of likely N-dealkylation sites (N-methyl/N-ethyl adjacent to an activating group) is 1. The Labute approximate surface area is 131 Å². The predicted molar refractivity (Wildman–Crippen MR) is 89.4 cm³/mol. The van der Waals surface area contributed by atoms with Gasteiger partial charge in [-0.1, -0.05) is 40.0 Å². The van der Waals surface area contributed by atoms with Crippen molar-refractivity contribution in [2.45, 2.75) is 70.9 Å². The normalized spacial score (nSPS) is 23.8. The van der Waals surface area contributed by atoms with E-state index in [-0.39, 0.29) is 11.4 Å². The van der Waals surface area contributed by atoms with Gasteiger partial charge in [-0.15, -0.1) is 0 Å². The number of rotatable bonds is 9. The van der Waals surface area contributed by atoms with Gasteiger partial charge in [-0.2, -0.15) is 0 Å². The van der Waals surface area contributed by atoms with E-state index in [9.17, 15) is 4.79 Å². The lowest BCUT2D eigenvalue weighted by atomic mass is 9.89. The molecule has 0 saturated carbocycles. The van der Waals surface area contributed by atoms with Crippen molar-refractivity contribution in [2.75, 3.05) is 27.2 Å². The third-order valence-corrected chi connectivity index (χ3v) is 5.08. The average Bonchev–Trinajstić information content (AvgIpc) is 2.93. The van der Waals surface area contributed by atoms with Gasteiger partial charge in [0.1, 0.15) is 0 Å². The Balaban J connectivity index is 2.63. The fraction of sp³-hybridized carbons (Fsp3) is 0.941. The molecule has 0 aliphatic carbocycles. The van der Waals surface area contributed by atoms with Crippen LogP contribution >= 0.6 is 0 Å². The molecule has 0 aromatic rings. The quantitative estimate of drug-likeness (QED) is 0.687. The summed E-state index contributed by atoms with van der Waals surface area (Å²) in [5.74, 6) is 0.846. The number of amides is 1. The van der Waals surface area contributed by atoms with Gasteiger partial charge in [0.25, 0.3) is 0 Å². The molecule has 2 N–H and O–H groups in total. The van der Waals surface area contributed by atoms with Crippen LogP contribution in [0.4, 0.5) is 0 Å². The van der Waals surface area contributed by atoms with Gasteiger partial charge in [0.15, 0.2) is 0 Å². The highest BCUT2D eigenvalue weighted by Gasteiger charge is 2.40. The second-order valence-corrected chi connectivity index (χ2v) is 6.68. The molecule has 0 aromatic carbocycles. The molecule has 124 valence electrons. The Hall–Kier alpha value is -0.610. The highest BCUT2D eigenvalue weighted by Crippen LogP contribution is 2.25. The van der Waals surface area contributed by atoms with Crippen molar-refractivity contribution in [3.8, 4) is 0 Å². The zero-order chi connectivity index (χ0) is 15.9. The number of hydrogen-bond donors (Lipinski definition) is 2. The third kappa shape index (κ3) is 4.68. The van der Waals surface area contributed by atoms with Crippen LogP contribution in [0, 0.1) is 5.92 Å². The van der Waals surface area contributed by atoms with Crippen LogP contribution in [0.1, 0.15) is 59.3 Å². The Bertz CT molecular complexity index is 307. The highest BCUT2D eigenvalue weighted by atomic mass is 16.2. The van der Waals surface area contributed by atoms with Crippen molar-refractivity contribution >= 4 is 5.91 Å². The summed E-state index contributed by atoms with van der Waals surface area (Å²) < 4.78 is 0. The largest absolute Gasteiger partial charge is 0.353 e. The summed E-state index contributed by atoms with van der Waals surface area (Å²) in [6.07, 6.45) is 6.39. The topological polar surface area (TPSA) is 44.4 Å². The van der Waals surface area contributed by atoms with E-state index >= 15 is 0 Å². The molecular weight excluding hydrogens is 262 g/mol. The minimum absolute atomic E-state index is 0.208. The average molecular weight is 297 g/mol. The highest BCUT2D eigenvalue weighted by molar-refractivity contribution is 5.86. The van der Waals surface area contributed by atoms with Crippen molar-refractivity contribution in [1.82, 2.24) is 15.5 Å². The zero-order valence-corrected chi connectivity index (χ0v) is 14.7. The molecule has 1 aliphatic rings. The van der Waals surface area contributed by atoms with Gasteiger partial charge < -0.3 is 15.5 Å². The Morgan fingerprint density at radius 3 is 2.38 bits per heavy atom. The van der Waals surface area contributed by atoms with Crippen LogP contribution in [0.25, 0.3) is 0 Å². The molecule has 21 heavy (non-hydrogen) atoms. The van der Waals surface area contributed by atoms with E-state index in [2.05, 4.69) is 50.4 Å². The van der Waals surface area contributed by atoms with E-state index < -0.39 is 0 Å². The molecule has 1 aliphatic heterocycles. The van der Waals surface area contributed by atoms with E-state index in [0.29, 0.717) is 12.0 Å². The van der Waals surface area contributed by atoms with Gasteiger partial charge in [-0.3, -0.25) is 4.79 Å². The van der Waals surface area contributed by atoms with E-state index in [1.165, 1.54) is 0 Å². The van der Waals surface area contributed by atoms with Crippen molar-refractivity contribution in [1.29, 1.82) is 0 Å². The lowest BCUT2D eigenvalue weighted by Gasteiger charge is -2.34. The van der Waals surface area contributed by atoms with Gasteiger partial charge in [0.05, 0.1) is 5.54 Å². The van der Waals surface area contributed by atoms with Crippen LogP contribution in [0.2, 0.25) is 0 Å². The maximum atomic E-state index is 12.7. The zero-order valence-electron chi connectivity index (χ0n) is 14.7. The summed E-state index contributed by atoms with van der Waals surface area (Å²) >= 11 is 0. The van der Waals surface area contributed by atoms with Crippen molar-refractivity contribution in [3.05, 3.63) is 0 Å². The fourth-order valence-corrected chi connectivity index (χ4v) is 3.72. The standard InChI is InChI=1S/C17H35N3O/c1-6-10-17(11-9-12-19-17)16(21)18-13-15(20(4)5)14(7-2)8-3/h14-15,19H,6-13H2,1-5H3,(H,18,21). The first-order valence-corrected chi connectivity index (χ1v) is 8.70. The van der Waals surface area contributed by atoms with Gasteiger partial charge in [0.2, 0.25) is 5.91 Å². The Kier molecular flexibility index (Phi) is 7.67. The molecule has 0 spiro atoms. The molecule has 1 saturated heterocycles. The molecule has 1 heterocycles. The molecule has 1 rings (SSSR count). The van der Waals surface area contributed by atoms with Crippen LogP contribution in [-0.4, -0.2) is 49.6 Å². The van der Waals surface area contributed by atoms with Gasteiger partial charge in [0, 0.05) is 12.6 Å². The summed E-state index contributed by atoms with van der Waals surface area (Å²) in [6.45, 7) is 8.36. The van der Waals surface area contributed by atoms with Crippen LogP contribution in [0.15, 0.2) is 0 Å². The van der Waals surface area contributed by atoms with Crippen LogP contribution in [-0.2, 0) is 4.79 Å². The lowest BCUT2D eigenvalue weighted by molar-refractivity contribution is -0.127. The monoisotopic (exact) mass is 297 g/mol. The number of nitrogens with zero attached hydrogens (tertiary/aromatic N) is 1. The fourth-order valence-electron chi connectivity index (χ4n) is 3.72. The predicted octanol–water partition coefficient (Wildman–Crippen LogP) is 2.39. The van der Waals surface area contributed by atoms with E-state index in [1.807, 2.05) is 0 Å². The SMILES string of the molecule is CCCC1(C(=O)NCC(C(CC)CC)N(C)C)CCCN1.